The topological polar surface area (TPSA) is 64.5 Å². The number of hydrogen-bond acceptors (Lipinski definition) is 5. The summed E-state index contributed by atoms with van der Waals surface area (Å²) in [6.45, 7) is 7.50. The number of aromatic nitrogens is 2. The zero-order chi connectivity index (χ0) is 16.2. The summed E-state index contributed by atoms with van der Waals surface area (Å²) in [6, 6.07) is 0. The molecule has 1 saturated heterocycles. The van der Waals surface area contributed by atoms with Crippen molar-refractivity contribution < 1.29 is 14.3 Å². The highest BCUT2D eigenvalue weighted by molar-refractivity contribution is 6.30. The number of hydrogen-bond donors (Lipinski definition) is 0. The van der Waals surface area contributed by atoms with Gasteiger partial charge in [0, 0.05) is 25.5 Å². The minimum Gasteiger partial charge on any atom is -0.475 e. The molecule has 1 amide bonds. The number of rotatable bonds is 3. The molecule has 7 heteroatoms. The van der Waals surface area contributed by atoms with Gasteiger partial charge in [0.15, 0.2) is 5.15 Å². The molecule has 1 fully saturated rings. The number of ether oxygens (including phenoxy) is 2. The zero-order valence-electron chi connectivity index (χ0n) is 13.2. The Balaban J connectivity index is 1.76. The van der Waals surface area contributed by atoms with Crippen LogP contribution in [0.5, 0.6) is 5.88 Å². The lowest BCUT2D eigenvalue weighted by Gasteiger charge is -2.33. The average Bonchev–Trinajstić information content (AvgIpc) is 2.45. The number of carbonyl (C=O) groups is 1. The molecule has 0 radical (unpaired) electrons. The van der Waals surface area contributed by atoms with Crippen molar-refractivity contribution in [2.45, 2.75) is 39.2 Å². The minimum atomic E-state index is -0.459. The quantitative estimate of drug-likeness (QED) is 0.853. The fourth-order valence-electron chi connectivity index (χ4n) is 2.21. The van der Waals surface area contributed by atoms with E-state index in [0.29, 0.717) is 31.5 Å². The lowest BCUT2D eigenvalue weighted by molar-refractivity contribution is 0.0164. The van der Waals surface area contributed by atoms with Crippen molar-refractivity contribution in [1.29, 1.82) is 0 Å². The molecule has 0 aliphatic carbocycles. The maximum atomic E-state index is 12.0. The summed E-state index contributed by atoms with van der Waals surface area (Å²) >= 11 is 5.90. The van der Waals surface area contributed by atoms with Crippen LogP contribution >= 0.6 is 11.6 Å². The average molecular weight is 328 g/mol. The molecule has 1 aromatic rings. The van der Waals surface area contributed by atoms with Crippen molar-refractivity contribution in [3.05, 3.63) is 17.5 Å². The monoisotopic (exact) mass is 327 g/mol. The highest BCUT2D eigenvalue weighted by Gasteiger charge is 2.27. The zero-order valence-corrected chi connectivity index (χ0v) is 14.0. The molecule has 22 heavy (non-hydrogen) atoms. The Morgan fingerprint density at radius 2 is 1.95 bits per heavy atom. The van der Waals surface area contributed by atoms with Gasteiger partial charge in [-0.05, 0) is 39.5 Å². The molecule has 0 atom stereocenters. The van der Waals surface area contributed by atoms with Crippen LogP contribution in [0.25, 0.3) is 0 Å². The van der Waals surface area contributed by atoms with Gasteiger partial charge < -0.3 is 14.4 Å². The molecule has 0 unspecified atom stereocenters. The van der Waals surface area contributed by atoms with Crippen molar-refractivity contribution in [2.75, 3.05) is 19.7 Å². The minimum absolute atomic E-state index is 0.246. The second kappa shape index (κ2) is 7.13. The van der Waals surface area contributed by atoms with Gasteiger partial charge in [0.2, 0.25) is 0 Å². The first kappa shape index (κ1) is 16.8. The Kier molecular flexibility index (Phi) is 5.45. The van der Waals surface area contributed by atoms with E-state index < -0.39 is 5.60 Å². The molecule has 0 N–H and O–H groups in total. The van der Waals surface area contributed by atoms with E-state index in [4.69, 9.17) is 21.1 Å². The van der Waals surface area contributed by atoms with E-state index in [0.717, 1.165) is 12.8 Å². The van der Waals surface area contributed by atoms with Crippen LogP contribution in [0.2, 0.25) is 5.15 Å². The second-order valence-electron chi connectivity index (χ2n) is 6.37. The molecule has 2 rings (SSSR count). The summed E-state index contributed by atoms with van der Waals surface area (Å²) in [5.41, 5.74) is -0.459. The summed E-state index contributed by atoms with van der Waals surface area (Å²) in [5.74, 6) is 0.732. The number of piperidine rings is 1. The molecule has 1 aromatic heterocycles. The fraction of sp³-hybridized carbons (Fsp3) is 0.667. The Labute approximate surface area is 135 Å². The van der Waals surface area contributed by atoms with Gasteiger partial charge in [-0.25, -0.2) is 14.8 Å². The molecule has 0 saturated carbocycles. The van der Waals surface area contributed by atoms with Crippen molar-refractivity contribution in [1.82, 2.24) is 14.9 Å². The van der Waals surface area contributed by atoms with E-state index >= 15 is 0 Å². The van der Waals surface area contributed by atoms with Crippen LogP contribution in [-0.2, 0) is 4.74 Å². The van der Waals surface area contributed by atoms with Crippen LogP contribution in [0.15, 0.2) is 12.4 Å². The molecule has 0 aromatic carbocycles. The fourth-order valence-corrected chi connectivity index (χ4v) is 2.37. The smallest absolute Gasteiger partial charge is 0.410 e. The van der Waals surface area contributed by atoms with Gasteiger partial charge in [0.05, 0.1) is 6.61 Å². The maximum Gasteiger partial charge on any atom is 0.410 e. The third-order valence-corrected chi connectivity index (χ3v) is 3.60. The number of carbonyl (C=O) groups excluding carboxylic acids is 1. The van der Waals surface area contributed by atoms with Gasteiger partial charge in [-0.15, -0.1) is 0 Å². The lowest BCUT2D eigenvalue weighted by Crippen LogP contribution is -2.42. The van der Waals surface area contributed by atoms with Crippen LogP contribution in [-0.4, -0.2) is 46.3 Å². The summed E-state index contributed by atoms with van der Waals surface area (Å²) in [4.78, 5) is 21.7. The van der Waals surface area contributed by atoms with Crippen molar-refractivity contribution >= 4 is 17.7 Å². The van der Waals surface area contributed by atoms with Gasteiger partial charge >= 0.3 is 6.09 Å². The normalized spacial score (nSPS) is 16.5. The van der Waals surface area contributed by atoms with Gasteiger partial charge in [0.1, 0.15) is 5.60 Å². The molecule has 1 aliphatic heterocycles. The van der Waals surface area contributed by atoms with Crippen LogP contribution in [0, 0.1) is 5.92 Å². The Bertz CT molecular complexity index is 511. The summed E-state index contributed by atoms with van der Waals surface area (Å²) in [5, 5.41) is 0.272. The highest BCUT2D eigenvalue weighted by Crippen LogP contribution is 2.22. The van der Waals surface area contributed by atoms with E-state index in [1.165, 1.54) is 6.20 Å². The maximum absolute atomic E-state index is 12.0. The lowest BCUT2D eigenvalue weighted by atomic mass is 9.98. The number of likely N-dealkylation sites (tertiary alicyclic amines) is 1. The molecule has 1 aliphatic rings. The molecule has 0 bridgehead atoms. The number of amides is 1. The van der Waals surface area contributed by atoms with Crippen molar-refractivity contribution in [2.24, 2.45) is 5.92 Å². The first-order chi connectivity index (χ1) is 10.3. The molecule has 0 spiro atoms. The summed E-state index contributed by atoms with van der Waals surface area (Å²) in [6.07, 6.45) is 4.57. The molecule has 6 nitrogen and oxygen atoms in total. The SMILES string of the molecule is CC(C)(C)OC(=O)N1CCC(COc2nccnc2Cl)CC1. The molecular formula is C15H22ClN3O3. The van der Waals surface area contributed by atoms with Crippen LogP contribution in [0.1, 0.15) is 33.6 Å². The van der Waals surface area contributed by atoms with Gasteiger partial charge in [0.25, 0.3) is 5.88 Å². The largest absolute Gasteiger partial charge is 0.475 e. The van der Waals surface area contributed by atoms with Gasteiger partial charge in [-0.3, -0.25) is 0 Å². The van der Waals surface area contributed by atoms with E-state index in [1.807, 2.05) is 20.8 Å². The highest BCUT2D eigenvalue weighted by atomic mass is 35.5. The standard InChI is InChI=1S/C15H22ClN3O3/c1-15(2,3)22-14(20)19-8-4-11(5-9-19)10-21-13-12(16)17-6-7-18-13/h6-7,11H,4-5,8-10H2,1-3H3. The van der Waals surface area contributed by atoms with Gasteiger partial charge in [-0.1, -0.05) is 11.6 Å². The number of halogens is 1. The Morgan fingerprint density at radius 3 is 2.55 bits per heavy atom. The molecule has 2 heterocycles. The Hall–Kier alpha value is -1.56. The van der Waals surface area contributed by atoms with E-state index in [2.05, 4.69) is 9.97 Å². The summed E-state index contributed by atoms with van der Waals surface area (Å²) < 4.78 is 11.0. The third kappa shape index (κ3) is 5.02. The molecular weight excluding hydrogens is 306 g/mol. The van der Waals surface area contributed by atoms with E-state index in [-0.39, 0.29) is 11.2 Å². The van der Waals surface area contributed by atoms with Gasteiger partial charge in [-0.2, -0.15) is 0 Å². The second-order valence-corrected chi connectivity index (χ2v) is 6.73. The predicted octanol–water partition coefficient (Wildman–Crippen LogP) is 3.16. The van der Waals surface area contributed by atoms with Crippen molar-refractivity contribution in [3.63, 3.8) is 0 Å². The van der Waals surface area contributed by atoms with Crippen molar-refractivity contribution in [3.8, 4) is 5.88 Å². The predicted molar refractivity (Wildman–Crippen MR) is 83.1 cm³/mol. The summed E-state index contributed by atoms with van der Waals surface area (Å²) in [7, 11) is 0. The molecule has 122 valence electrons. The van der Waals surface area contributed by atoms with Crippen LogP contribution < -0.4 is 4.74 Å². The number of nitrogens with zero attached hydrogens (tertiary/aromatic N) is 3. The van der Waals surface area contributed by atoms with Crippen LogP contribution in [0.4, 0.5) is 4.79 Å². The van der Waals surface area contributed by atoms with E-state index in [9.17, 15) is 4.79 Å². The third-order valence-electron chi connectivity index (χ3n) is 3.34. The Morgan fingerprint density at radius 1 is 1.32 bits per heavy atom. The first-order valence-corrected chi connectivity index (χ1v) is 7.80. The van der Waals surface area contributed by atoms with Crippen LogP contribution in [0.3, 0.4) is 0 Å². The van der Waals surface area contributed by atoms with E-state index in [1.54, 1.807) is 11.1 Å². The first-order valence-electron chi connectivity index (χ1n) is 7.42.